The van der Waals surface area contributed by atoms with E-state index in [0.29, 0.717) is 17.4 Å². The normalized spacial score (nSPS) is 13.6. The number of rotatable bonds is 6. The summed E-state index contributed by atoms with van der Waals surface area (Å²) in [4.78, 5) is 0. The molecule has 102 valence electrons. The molecule has 0 amide bonds. The van der Waals surface area contributed by atoms with E-state index >= 15 is 0 Å². The van der Waals surface area contributed by atoms with Crippen molar-refractivity contribution in [1.29, 1.82) is 0 Å². The number of sulfone groups is 1. The fourth-order valence-corrected chi connectivity index (χ4v) is 3.28. The SMILES string of the molecule is CCNC(Cc1ccc(F)cc1Br)CS(C)(=O)=O. The first-order valence-electron chi connectivity index (χ1n) is 5.67. The van der Waals surface area contributed by atoms with Gasteiger partial charge >= 0.3 is 0 Å². The highest BCUT2D eigenvalue weighted by molar-refractivity contribution is 9.10. The van der Waals surface area contributed by atoms with Crippen LogP contribution in [0.15, 0.2) is 22.7 Å². The minimum absolute atomic E-state index is 0.0741. The second-order valence-electron chi connectivity index (χ2n) is 4.29. The van der Waals surface area contributed by atoms with Crippen molar-refractivity contribution in [1.82, 2.24) is 5.32 Å². The molecule has 0 aliphatic heterocycles. The van der Waals surface area contributed by atoms with E-state index in [4.69, 9.17) is 0 Å². The highest BCUT2D eigenvalue weighted by atomic mass is 79.9. The lowest BCUT2D eigenvalue weighted by Crippen LogP contribution is -2.37. The third kappa shape index (κ3) is 5.46. The summed E-state index contributed by atoms with van der Waals surface area (Å²) < 4.78 is 36.3. The zero-order valence-corrected chi connectivity index (χ0v) is 12.8. The standard InChI is InChI=1S/C12H17BrFNO2S/c1-3-15-11(8-18(2,16)17)6-9-4-5-10(14)7-12(9)13/h4-5,7,11,15H,3,6,8H2,1-2H3. The number of hydrogen-bond donors (Lipinski definition) is 1. The summed E-state index contributed by atoms with van der Waals surface area (Å²) in [7, 11) is -3.04. The van der Waals surface area contributed by atoms with Crippen LogP contribution in [0.4, 0.5) is 4.39 Å². The summed E-state index contributed by atoms with van der Waals surface area (Å²) in [6, 6.07) is 4.28. The van der Waals surface area contributed by atoms with Crippen LogP contribution in [0.3, 0.4) is 0 Å². The molecular weight excluding hydrogens is 321 g/mol. The first-order valence-corrected chi connectivity index (χ1v) is 8.52. The molecule has 18 heavy (non-hydrogen) atoms. The summed E-state index contributed by atoms with van der Waals surface area (Å²) in [5.74, 6) is -0.237. The topological polar surface area (TPSA) is 46.2 Å². The van der Waals surface area contributed by atoms with Crippen LogP contribution in [0.5, 0.6) is 0 Å². The minimum Gasteiger partial charge on any atom is -0.313 e. The number of halogens is 2. The number of nitrogens with one attached hydrogen (secondary N) is 1. The molecule has 6 heteroatoms. The molecule has 3 nitrogen and oxygen atoms in total. The number of likely N-dealkylation sites (N-methyl/N-ethyl adjacent to an activating group) is 1. The fraction of sp³-hybridized carbons (Fsp3) is 0.500. The fourth-order valence-electron chi connectivity index (χ4n) is 1.80. The van der Waals surface area contributed by atoms with Crippen molar-refractivity contribution in [3.8, 4) is 0 Å². The van der Waals surface area contributed by atoms with E-state index in [1.54, 1.807) is 6.07 Å². The van der Waals surface area contributed by atoms with Gasteiger partial charge in [0, 0.05) is 16.8 Å². The third-order valence-electron chi connectivity index (χ3n) is 2.48. The van der Waals surface area contributed by atoms with Gasteiger partial charge in [-0.05, 0) is 30.7 Å². The quantitative estimate of drug-likeness (QED) is 0.865. The van der Waals surface area contributed by atoms with E-state index in [1.807, 2.05) is 6.92 Å². The lowest BCUT2D eigenvalue weighted by atomic mass is 10.1. The Morgan fingerprint density at radius 1 is 1.44 bits per heavy atom. The zero-order chi connectivity index (χ0) is 13.8. The molecule has 0 saturated heterocycles. The molecule has 0 spiro atoms. The highest BCUT2D eigenvalue weighted by Gasteiger charge is 2.16. The monoisotopic (exact) mass is 337 g/mol. The maximum absolute atomic E-state index is 13.0. The Hall–Kier alpha value is -0.460. The van der Waals surface area contributed by atoms with Gasteiger partial charge in [-0.25, -0.2) is 12.8 Å². The second kappa shape index (κ2) is 6.63. The van der Waals surface area contributed by atoms with Gasteiger partial charge in [-0.15, -0.1) is 0 Å². The van der Waals surface area contributed by atoms with Crippen LogP contribution >= 0.6 is 15.9 Å². The van der Waals surface area contributed by atoms with Crippen LogP contribution in [-0.2, 0) is 16.3 Å². The molecule has 0 radical (unpaired) electrons. The van der Waals surface area contributed by atoms with Gasteiger partial charge < -0.3 is 5.32 Å². The van der Waals surface area contributed by atoms with Gasteiger partial charge in [0.1, 0.15) is 15.7 Å². The van der Waals surface area contributed by atoms with Gasteiger partial charge in [0.15, 0.2) is 0 Å². The van der Waals surface area contributed by atoms with Crippen LogP contribution in [-0.4, -0.2) is 33.0 Å². The average Bonchev–Trinajstić information content (AvgIpc) is 2.20. The zero-order valence-electron chi connectivity index (χ0n) is 10.4. The lowest BCUT2D eigenvalue weighted by Gasteiger charge is -2.17. The van der Waals surface area contributed by atoms with Crippen molar-refractivity contribution in [3.63, 3.8) is 0 Å². The smallest absolute Gasteiger partial charge is 0.148 e. The summed E-state index contributed by atoms with van der Waals surface area (Å²) in [6.45, 7) is 2.62. The molecule has 0 saturated carbocycles. The molecule has 0 aliphatic carbocycles. The second-order valence-corrected chi connectivity index (χ2v) is 7.33. The Labute approximate surface area is 116 Å². The number of hydrogen-bond acceptors (Lipinski definition) is 3. The lowest BCUT2D eigenvalue weighted by molar-refractivity contribution is 0.543. The Balaban J connectivity index is 2.82. The Morgan fingerprint density at radius 2 is 2.11 bits per heavy atom. The largest absolute Gasteiger partial charge is 0.313 e. The van der Waals surface area contributed by atoms with E-state index in [9.17, 15) is 12.8 Å². The molecule has 0 aromatic heterocycles. The van der Waals surface area contributed by atoms with Crippen LogP contribution in [0, 0.1) is 5.82 Å². The predicted molar refractivity (Wildman–Crippen MR) is 75.0 cm³/mol. The molecule has 1 rings (SSSR count). The number of benzene rings is 1. The summed E-state index contributed by atoms with van der Waals surface area (Å²) >= 11 is 3.29. The van der Waals surface area contributed by atoms with Gasteiger partial charge in [0.2, 0.25) is 0 Å². The Kier molecular flexibility index (Phi) is 5.75. The highest BCUT2D eigenvalue weighted by Crippen LogP contribution is 2.19. The molecule has 1 N–H and O–H groups in total. The van der Waals surface area contributed by atoms with Crippen LogP contribution in [0.25, 0.3) is 0 Å². The summed E-state index contributed by atoms with van der Waals surface area (Å²) in [5.41, 5.74) is 0.894. The van der Waals surface area contributed by atoms with Crippen LogP contribution < -0.4 is 5.32 Å². The van der Waals surface area contributed by atoms with Crippen molar-refractivity contribution < 1.29 is 12.8 Å². The van der Waals surface area contributed by atoms with Crippen molar-refractivity contribution in [2.24, 2.45) is 0 Å². The molecule has 1 aromatic carbocycles. The van der Waals surface area contributed by atoms with Crippen LogP contribution in [0.1, 0.15) is 12.5 Å². The molecule has 1 aromatic rings. The average molecular weight is 338 g/mol. The predicted octanol–water partition coefficient (Wildman–Crippen LogP) is 2.15. The summed E-state index contributed by atoms with van der Waals surface area (Å²) in [5, 5.41) is 3.14. The van der Waals surface area contributed by atoms with Gasteiger partial charge in [-0.3, -0.25) is 0 Å². The van der Waals surface area contributed by atoms with Gasteiger partial charge in [-0.1, -0.05) is 28.9 Å². The van der Waals surface area contributed by atoms with E-state index in [-0.39, 0.29) is 17.6 Å². The van der Waals surface area contributed by atoms with Crippen LogP contribution in [0.2, 0.25) is 0 Å². The first kappa shape index (κ1) is 15.6. The van der Waals surface area contributed by atoms with Gasteiger partial charge in [0.25, 0.3) is 0 Å². The van der Waals surface area contributed by atoms with E-state index in [2.05, 4.69) is 21.2 Å². The van der Waals surface area contributed by atoms with E-state index < -0.39 is 9.84 Å². The van der Waals surface area contributed by atoms with E-state index in [0.717, 1.165) is 5.56 Å². The van der Waals surface area contributed by atoms with Crippen molar-refractivity contribution in [2.75, 3.05) is 18.6 Å². The first-order chi connectivity index (χ1) is 8.31. The Bertz CT molecular complexity index is 505. The molecule has 0 aliphatic rings. The molecule has 1 unspecified atom stereocenters. The molecular formula is C12H17BrFNO2S. The minimum atomic E-state index is -3.04. The van der Waals surface area contributed by atoms with E-state index in [1.165, 1.54) is 18.4 Å². The molecule has 0 bridgehead atoms. The maximum atomic E-state index is 13.0. The van der Waals surface area contributed by atoms with Gasteiger partial charge in [-0.2, -0.15) is 0 Å². The summed E-state index contributed by atoms with van der Waals surface area (Å²) in [6.07, 6.45) is 1.76. The van der Waals surface area contributed by atoms with Crippen molar-refractivity contribution in [2.45, 2.75) is 19.4 Å². The van der Waals surface area contributed by atoms with Crippen molar-refractivity contribution >= 4 is 25.8 Å². The molecule has 0 fully saturated rings. The molecule has 1 atom stereocenters. The molecule has 0 heterocycles. The third-order valence-corrected chi connectivity index (χ3v) is 4.22. The van der Waals surface area contributed by atoms with Crippen molar-refractivity contribution in [3.05, 3.63) is 34.1 Å². The Morgan fingerprint density at radius 3 is 2.61 bits per heavy atom. The maximum Gasteiger partial charge on any atom is 0.148 e. The van der Waals surface area contributed by atoms with Gasteiger partial charge in [0.05, 0.1) is 5.75 Å².